The molecule has 3 aromatic carbocycles. The van der Waals surface area contributed by atoms with E-state index in [1.165, 1.54) is 0 Å². The third-order valence-corrected chi connectivity index (χ3v) is 5.91. The number of carbonyl (C=O) groups is 1. The molecule has 8 heteroatoms. The Bertz CT molecular complexity index is 967. The molecule has 0 saturated carbocycles. The minimum Gasteiger partial charge on any atom is -0.497 e. The molecule has 3 aromatic rings. The van der Waals surface area contributed by atoms with Crippen LogP contribution in [0.3, 0.4) is 0 Å². The predicted molar refractivity (Wildman–Crippen MR) is 136 cm³/mol. The first kappa shape index (κ1) is 27.0. The quantitative estimate of drug-likeness (QED) is 0.256. The summed E-state index contributed by atoms with van der Waals surface area (Å²) >= 11 is 0. The Kier molecular flexibility index (Phi) is 9.69. The van der Waals surface area contributed by atoms with Crippen LogP contribution in [0.25, 0.3) is 0 Å². The Balaban J connectivity index is 2.07. The normalized spacial score (nSPS) is 12.1. The van der Waals surface area contributed by atoms with E-state index in [1.54, 1.807) is 21.3 Å². The summed E-state index contributed by atoms with van der Waals surface area (Å²) < 4.78 is 28.3. The summed E-state index contributed by atoms with van der Waals surface area (Å²) in [4.78, 5) is 11.5. The number of hydrogen-bond acceptors (Lipinski definition) is 7. The van der Waals surface area contributed by atoms with Crippen molar-refractivity contribution in [3.05, 3.63) is 89.5 Å². The van der Waals surface area contributed by atoms with Crippen molar-refractivity contribution in [3.63, 3.8) is 0 Å². The largest absolute Gasteiger partial charge is 0.497 e. The van der Waals surface area contributed by atoms with E-state index in [0.29, 0.717) is 17.2 Å². The molecule has 0 amide bonds. The number of carboxylic acid groups (broad SMARTS) is 1. The van der Waals surface area contributed by atoms with Gasteiger partial charge in [0.25, 0.3) is 0 Å². The molecule has 0 aromatic heterocycles. The van der Waals surface area contributed by atoms with Gasteiger partial charge in [0, 0.05) is 0 Å². The topological polar surface area (TPSA) is 109 Å². The van der Waals surface area contributed by atoms with Gasteiger partial charge in [-0.15, -0.1) is 0 Å². The molecule has 3 N–H and O–H groups in total. The van der Waals surface area contributed by atoms with Gasteiger partial charge in [-0.2, -0.15) is 0 Å². The lowest BCUT2D eigenvalue weighted by atomic mass is 9.80. The average molecular weight is 496 g/mol. The van der Waals surface area contributed by atoms with E-state index in [-0.39, 0.29) is 26.2 Å². The molecule has 0 spiro atoms. The molecule has 0 aliphatic carbocycles. The standard InChI is InChI=1S/C28H33NO7/c1-32-23-10-4-20(5-11-23)28(21-6-12-24(33-2)13-7-21,22-8-14-25(34-3)15-9-22)36-19-18-35-26(16-17-29)27(30)31/h4-15,26H,16-19,29H2,1-3H3,(H,30,31). The Hall–Kier alpha value is -3.59. The van der Waals surface area contributed by atoms with E-state index in [9.17, 15) is 9.90 Å². The highest BCUT2D eigenvalue weighted by Gasteiger charge is 2.38. The van der Waals surface area contributed by atoms with Gasteiger partial charge < -0.3 is 34.5 Å². The van der Waals surface area contributed by atoms with Crippen molar-refractivity contribution < 1.29 is 33.6 Å². The molecule has 0 aliphatic heterocycles. The second-order valence-electron chi connectivity index (χ2n) is 7.99. The SMILES string of the molecule is COc1ccc(C(OCCOC(CCN)C(=O)O)(c2ccc(OC)cc2)c2ccc(OC)cc2)cc1. The molecule has 1 unspecified atom stereocenters. The minimum absolute atomic E-state index is 0.0706. The molecule has 0 aliphatic rings. The van der Waals surface area contributed by atoms with E-state index < -0.39 is 17.7 Å². The van der Waals surface area contributed by atoms with Crippen LogP contribution < -0.4 is 19.9 Å². The lowest BCUT2D eigenvalue weighted by molar-refractivity contribution is -0.152. The molecule has 0 radical (unpaired) electrons. The Morgan fingerprint density at radius 3 is 1.44 bits per heavy atom. The Labute approximate surface area is 211 Å². The number of aliphatic carboxylic acids is 1. The smallest absolute Gasteiger partial charge is 0.332 e. The highest BCUT2D eigenvalue weighted by Crippen LogP contribution is 2.42. The monoisotopic (exact) mass is 495 g/mol. The lowest BCUT2D eigenvalue weighted by Crippen LogP contribution is -2.35. The van der Waals surface area contributed by atoms with Gasteiger partial charge in [0.05, 0.1) is 34.5 Å². The van der Waals surface area contributed by atoms with Crippen molar-refractivity contribution in [2.24, 2.45) is 5.73 Å². The maximum atomic E-state index is 11.5. The first-order valence-corrected chi connectivity index (χ1v) is 11.6. The molecule has 1 atom stereocenters. The van der Waals surface area contributed by atoms with Crippen molar-refractivity contribution in [1.82, 2.24) is 0 Å². The number of benzene rings is 3. The summed E-state index contributed by atoms with van der Waals surface area (Å²) in [6, 6.07) is 22.9. The van der Waals surface area contributed by atoms with E-state index in [2.05, 4.69) is 0 Å². The number of rotatable bonds is 14. The summed E-state index contributed by atoms with van der Waals surface area (Å²) in [6.07, 6.45) is -0.772. The van der Waals surface area contributed by atoms with Crippen molar-refractivity contribution in [1.29, 1.82) is 0 Å². The zero-order valence-electron chi connectivity index (χ0n) is 20.8. The van der Waals surface area contributed by atoms with Crippen LogP contribution in [-0.2, 0) is 19.9 Å². The summed E-state index contributed by atoms with van der Waals surface area (Å²) in [6.45, 7) is 0.408. The van der Waals surface area contributed by atoms with Crippen molar-refractivity contribution >= 4 is 5.97 Å². The van der Waals surface area contributed by atoms with Crippen LogP contribution in [0.5, 0.6) is 17.2 Å². The number of nitrogens with two attached hydrogens (primary N) is 1. The van der Waals surface area contributed by atoms with Crippen molar-refractivity contribution in [3.8, 4) is 17.2 Å². The molecule has 36 heavy (non-hydrogen) atoms. The molecule has 0 bridgehead atoms. The third-order valence-electron chi connectivity index (χ3n) is 5.91. The highest BCUT2D eigenvalue weighted by atomic mass is 16.6. The van der Waals surface area contributed by atoms with Gasteiger partial charge in [-0.3, -0.25) is 0 Å². The summed E-state index contributed by atoms with van der Waals surface area (Å²) in [7, 11) is 4.84. The fraction of sp³-hybridized carbons (Fsp3) is 0.321. The highest BCUT2D eigenvalue weighted by molar-refractivity contribution is 5.72. The van der Waals surface area contributed by atoms with Crippen LogP contribution in [0, 0.1) is 0 Å². The molecule has 8 nitrogen and oxygen atoms in total. The van der Waals surface area contributed by atoms with E-state index in [1.807, 2.05) is 72.8 Å². The van der Waals surface area contributed by atoms with Crippen LogP contribution in [-0.4, -0.2) is 58.3 Å². The molecular weight excluding hydrogens is 462 g/mol. The minimum atomic E-state index is -1.05. The summed E-state index contributed by atoms with van der Waals surface area (Å²) in [5.74, 6) is 1.09. The van der Waals surface area contributed by atoms with E-state index in [0.717, 1.165) is 16.7 Å². The van der Waals surface area contributed by atoms with Crippen LogP contribution in [0.2, 0.25) is 0 Å². The number of carboxylic acids is 1. The fourth-order valence-electron chi connectivity index (χ4n) is 4.04. The Morgan fingerprint density at radius 1 is 0.750 bits per heavy atom. The van der Waals surface area contributed by atoms with Gasteiger partial charge in [-0.05, 0) is 66.1 Å². The molecule has 192 valence electrons. The van der Waals surface area contributed by atoms with Gasteiger partial charge >= 0.3 is 5.97 Å². The first-order chi connectivity index (χ1) is 17.5. The van der Waals surface area contributed by atoms with E-state index >= 15 is 0 Å². The van der Waals surface area contributed by atoms with Crippen LogP contribution in [0.1, 0.15) is 23.1 Å². The average Bonchev–Trinajstić information content (AvgIpc) is 2.93. The molecular formula is C28H33NO7. The molecule has 0 heterocycles. The fourth-order valence-corrected chi connectivity index (χ4v) is 4.04. The summed E-state index contributed by atoms with van der Waals surface area (Å²) in [5.41, 5.74) is 7.06. The van der Waals surface area contributed by atoms with Gasteiger partial charge in [0.15, 0.2) is 6.10 Å². The van der Waals surface area contributed by atoms with E-state index in [4.69, 9.17) is 29.4 Å². The van der Waals surface area contributed by atoms with Gasteiger partial charge in [0.2, 0.25) is 0 Å². The van der Waals surface area contributed by atoms with Crippen LogP contribution >= 0.6 is 0 Å². The second-order valence-corrected chi connectivity index (χ2v) is 7.99. The van der Waals surface area contributed by atoms with Crippen molar-refractivity contribution in [2.45, 2.75) is 18.1 Å². The van der Waals surface area contributed by atoms with Crippen LogP contribution in [0.15, 0.2) is 72.8 Å². The van der Waals surface area contributed by atoms with Crippen molar-refractivity contribution in [2.75, 3.05) is 41.1 Å². The zero-order chi connectivity index (χ0) is 26.0. The predicted octanol–water partition coefficient (Wildman–Crippen LogP) is 3.84. The molecule has 3 rings (SSSR count). The van der Waals surface area contributed by atoms with Gasteiger partial charge in [-0.1, -0.05) is 36.4 Å². The molecule has 0 saturated heterocycles. The maximum absolute atomic E-state index is 11.5. The van der Waals surface area contributed by atoms with Gasteiger partial charge in [-0.25, -0.2) is 4.79 Å². The Morgan fingerprint density at radius 2 is 1.14 bits per heavy atom. The number of methoxy groups -OCH3 is 3. The molecule has 0 fully saturated rings. The van der Waals surface area contributed by atoms with Gasteiger partial charge in [0.1, 0.15) is 22.8 Å². The third kappa shape index (κ3) is 6.15. The number of ether oxygens (including phenoxy) is 5. The zero-order valence-corrected chi connectivity index (χ0v) is 20.8. The number of hydrogen-bond donors (Lipinski definition) is 2. The summed E-state index contributed by atoms with van der Waals surface area (Å²) in [5, 5.41) is 9.39. The first-order valence-electron chi connectivity index (χ1n) is 11.6. The second kappa shape index (κ2) is 12.9. The maximum Gasteiger partial charge on any atom is 0.332 e. The lowest BCUT2D eigenvalue weighted by Gasteiger charge is -2.36. The van der Waals surface area contributed by atoms with Crippen LogP contribution in [0.4, 0.5) is 0 Å².